The normalized spacial score (nSPS) is 11.3. The van der Waals surface area contributed by atoms with Gasteiger partial charge in [0.2, 0.25) is 0 Å². The van der Waals surface area contributed by atoms with Gasteiger partial charge in [0.05, 0.1) is 5.92 Å². The topological polar surface area (TPSA) is 105 Å². The molecule has 0 fully saturated rings. The Balaban J connectivity index is 1.67. The Labute approximate surface area is 190 Å². The van der Waals surface area contributed by atoms with Crippen LogP contribution in [-0.4, -0.2) is 23.1 Å². The molecule has 0 radical (unpaired) electrons. The van der Waals surface area contributed by atoms with E-state index < -0.39 is 23.9 Å². The molecule has 0 aliphatic carbocycles. The lowest BCUT2D eigenvalue weighted by atomic mass is 10.0. The number of carbonyl (C=O) groups is 3. The molecule has 0 saturated carbocycles. The highest BCUT2D eigenvalue weighted by molar-refractivity contribution is 6.31. The van der Waals surface area contributed by atoms with Crippen LogP contribution in [0.4, 0.5) is 16.2 Å². The van der Waals surface area contributed by atoms with Crippen molar-refractivity contribution in [3.05, 3.63) is 94.5 Å². The number of halogens is 1. The number of carboxylic acid groups (broad SMARTS) is 1. The lowest BCUT2D eigenvalue weighted by molar-refractivity contribution is -0.138. The molecule has 3 aromatic rings. The average Bonchev–Trinajstić information content (AvgIpc) is 2.77. The van der Waals surface area contributed by atoms with E-state index in [2.05, 4.69) is 10.6 Å². The number of nitrogens with one attached hydrogen (secondary N) is 2. The monoisotopic (exact) mass is 452 g/mol. The fourth-order valence-corrected chi connectivity index (χ4v) is 3.14. The summed E-state index contributed by atoms with van der Waals surface area (Å²) in [6, 6.07) is 20.2. The second kappa shape index (κ2) is 10.5. The molecule has 0 spiro atoms. The summed E-state index contributed by atoms with van der Waals surface area (Å²) >= 11 is 6.12. The van der Waals surface area contributed by atoms with E-state index in [1.165, 1.54) is 18.2 Å². The van der Waals surface area contributed by atoms with Crippen molar-refractivity contribution < 1.29 is 24.2 Å². The Kier molecular flexibility index (Phi) is 7.46. The first-order valence-electron chi connectivity index (χ1n) is 9.74. The Hall–Kier alpha value is -3.84. The Morgan fingerprint density at radius 1 is 0.938 bits per heavy atom. The third-order valence-electron chi connectivity index (χ3n) is 4.63. The molecule has 1 atom stereocenters. The summed E-state index contributed by atoms with van der Waals surface area (Å²) in [6.45, 7) is 1.67. The molecule has 164 valence electrons. The highest BCUT2D eigenvalue weighted by Gasteiger charge is 2.15. The first-order valence-corrected chi connectivity index (χ1v) is 10.1. The zero-order valence-corrected chi connectivity index (χ0v) is 17.9. The van der Waals surface area contributed by atoms with Crippen LogP contribution in [0.3, 0.4) is 0 Å². The Morgan fingerprint density at radius 2 is 1.69 bits per heavy atom. The number of hydrogen-bond donors (Lipinski definition) is 3. The fourth-order valence-electron chi connectivity index (χ4n) is 2.90. The highest BCUT2D eigenvalue weighted by Crippen LogP contribution is 2.23. The molecule has 3 aromatic carbocycles. The lowest BCUT2D eigenvalue weighted by Crippen LogP contribution is -2.16. The van der Waals surface area contributed by atoms with Crippen molar-refractivity contribution >= 4 is 40.9 Å². The van der Waals surface area contributed by atoms with Crippen molar-refractivity contribution in [2.45, 2.75) is 19.4 Å². The molecule has 3 N–H and O–H groups in total. The summed E-state index contributed by atoms with van der Waals surface area (Å²) in [6.07, 6.45) is -0.683. The minimum absolute atomic E-state index is 0.103. The van der Waals surface area contributed by atoms with Gasteiger partial charge in [-0.2, -0.15) is 0 Å². The SMILES string of the molecule is C[C@H](C(=O)O)c1cccc(NC(=O)c2cc(Cl)cc(NC(=O)OCc3ccccc3)c2)c1. The van der Waals surface area contributed by atoms with Crippen LogP contribution in [0.1, 0.15) is 34.3 Å². The minimum Gasteiger partial charge on any atom is -0.481 e. The summed E-state index contributed by atoms with van der Waals surface area (Å²) in [4.78, 5) is 36.0. The molecular weight excluding hydrogens is 432 g/mol. The van der Waals surface area contributed by atoms with E-state index in [-0.39, 0.29) is 17.2 Å². The summed E-state index contributed by atoms with van der Waals surface area (Å²) in [5.74, 6) is -2.14. The molecule has 0 unspecified atom stereocenters. The number of aliphatic carboxylic acids is 1. The standard InChI is InChI=1S/C24H21ClN2O5/c1-15(23(29)30)17-8-5-9-20(11-17)26-22(28)18-10-19(25)13-21(12-18)27-24(31)32-14-16-6-3-2-4-7-16/h2-13,15H,14H2,1H3,(H,26,28)(H,27,31)(H,29,30)/t15-/m0/s1. The second-order valence-corrected chi connectivity index (χ2v) is 7.49. The molecule has 32 heavy (non-hydrogen) atoms. The molecule has 0 aromatic heterocycles. The number of anilines is 2. The lowest BCUT2D eigenvalue weighted by Gasteiger charge is -2.12. The zero-order valence-electron chi connectivity index (χ0n) is 17.2. The summed E-state index contributed by atoms with van der Waals surface area (Å²) < 4.78 is 5.18. The summed E-state index contributed by atoms with van der Waals surface area (Å²) in [5, 5.41) is 14.7. The first-order chi connectivity index (χ1) is 15.3. The molecule has 0 aliphatic heterocycles. The van der Waals surface area contributed by atoms with Crippen LogP contribution < -0.4 is 10.6 Å². The fraction of sp³-hybridized carbons (Fsp3) is 0.125. The number of benzene rings is 3. The van der Waals surface area contributed by atoms with Crippen molar-refractivity contribution in [1.29, 1.82) is 0 Å². The molecule has 8 heteroatoms. The van der Waals surface area contributed by atoms with E-state index in [4.69, 9.17) is 16.3 Å². The molecule has 3 rings (SSSR count). The van der Waals surface area contributed by atoms with Crippen molar-refractivity contribution in [2.24, 2.45) is 0 Å². The molecule has 0 heterocycles. The van der Waals surface area contributed by atoms with Crippen LogP contribution in [0, 0.1) is 0 Å². The van der Waals surface area contributed by atoms with Gasteiger partial charge >= 0.3 is 12.1 Å². The molecule has 0 saturated heterocycles. The zero-order chi connectivity index (χ0) is 23.1. The van der Waals surface area contributed by atoms with Crippen molar-refractivity contribution in [1.82, 2.24) is 0 Å². The number of ether oxygens (including phenoxy) is 1. The maximum Gasteiger partial charge on any atom is 0.411 e. The third-order valence-corrected chi connectivity index (χ3v) is 4.85. The van der Waals surface area contributed by atoms with Crippen LogP contribution in [-0.2, 0) is 16.1 Å². The quantitative estimate of drug-likeness (QED) is 0.437. The van der Waals surface area contributed by atoms with E-state index in [0.29, 0.717) is 16.9 Å². The summed E-state index contributed by atoms with van der Waals surface area (Å²) in [7, 11) is 0. The van der Waals surface area contributed by atoms with Gasteiger partial charge in [0, 0.05) is 22.0 Å². The maximum atomic E-state index is 12.7. The van der Waals surface area contributed by atoms with Crippen LogP contribution >= 0.6 is 11.6 Å². The number of carbonyl (C=O) groups excluding carboxylic acids is 2. The van der Waals surface area contributed by atoms with Gasteiger partial charge in [-0.3, -0.25) is 14.9 Å². The summed E-state index contributed by atoms with van der Waals surface area (Å²) in [5.41, 5.74) is 2.36. The predicted molar refractivity (Wildman–Crippen MR) is 122 cm³/mol. The minimum atomic E-state index is -0.960. The number of rotatable bonds is 7. The molecular formula is C24H21ClN2O5. The van der Waals surface area contributed by atoms with Gasteiger partial charge in [0.25, 0.3) is 5.91 Å². The van der Waals surface area contributed by atoms with Gasteiger partial charge in [-0.1, -0.05) is 54.1 Å². The van der Waals surface area contributed by atoms with Gasteiger partial charge < -0.3 is 15.2 Å². The predicted octanol–water partition coefficient (Wildman–Crippen LogP) is 5.53. The average molecular weight is 453 g/mol. The van der Waals surface area contributed by atoms with Crippen LogP contribution in [0.5, 0.6) is 0 Å². The smallest absolute Gasteiger partial charge is 0.411 e. The second-order valence-electron chi connectivity index (χ2n) is 7.05. The highest BCUT2D eigenvalue weighted by atomic mass is 35.5. The first kappa shape index (κ1) is 22.8. The van der Waals surface area contributed by atoms with E-state index in [1.54, 1.807) is 31.2 Å². The van der Waals surface area contributed by atoms with Crippen molar-refractivity contribution in [2.75, 3.05) is 10.6 Å². The van der Waals surface area contributed by atoms with E-state index >= 15 is 0 Å². The molecule has 0 aliphatic rings. The number of amides is 2. The van der Waals surface area contributed by atoms with Crippen LogP contribution in [0.15, 0.2) is 72.8 Å². The van der Waals surface area contributed by atoms with Gasteiger partial charge in [-0.25, -0.2) is 4.79 Å². The van der Waals surface area contributed by atoms with E-state index in [1.807, 2.05) is 30.3 Å². The van der Waals surface area contributed by atoms with Crippen LogP contribution in [0.25, 0.3) is 0 Å². The van der Waals surface area contributed by atoms with E-state index in [9.17, 15) is 19.5 Å². The molecule has 2 amide bonds. The van der Waals surface area contributed by atoms with Gasteiger partial charge in [-0.15, -0.1) is 0 Å². The van der Waals surface area contributed by atoms with Crippen molar-refractivity contribution in [3.63, 3.8) is 0 Å². The van der Waals surface area contributed by atoms with Gasteiger partial charge in [-0.05, 0) is 48.4 Å². The van der Waals surface area contributed by atoms with Crippen molar-refractivity contribution in [3.8, 4) is 0 Å². The number of carboxylic acids is 1. The number of hydrogen-bond acceptors (Lipinski definition) is 4. The van der Waals surface area contributed by atoms with Gasteiger partial charge in [0.1, 0.15) is 6.61 Å². The molecule has 0 bridgehead atoms. The van der Waals surface area contributed by atoms with Gasteiger partial charge in [0.15, 0.2) is 0 Å². The maximum absolute atomic E-state index is 12.7. The Bertz CT molecular complexity index is 1130. The Morgan fingerprint density at radius 3 is 2.41 bits per heavy atom. The molecule has 7 nitrogen and oxygen atoms in total. The van der Waals surface area contributed by atoms with E-state index in [0.717, 1.165) is 5.56 Å². The largest absolute Gasteiger partial charge is 0.481 e. The third kappa shape index (κ3) is 6.33. The van der Waals surface area contributed by atoms with Crippen LogP contribution in [0.2, 0.25) is 5.02 Å².